The molecule has 0 unspecified atom stereocenters. The van der Waals surface area contributed by atoms with Gasteiger partial charge in [0.2, 0.25) is 0 Å². The number of nitrogens with zero attached hydrogens (tertiary/aromatic N) is 1. The van der Waals surface area contributed by atoms with Crippen LogP contribution in [0.3, 0.4) is 0 Å². The summed E-state index contributed by atoms with van der Waals surface area (Å²) >= 11 is 0. The molecular formula is C16H23N3O4. The quantitative estimate of drug-likeness (QED) is 0.741. The van der Waals surface area contributed by atoms with E-state index in [0.717, 1.165) is 38.0 Å². The van der Waals surface area contributed by atoms with Gasteiger partial charge in [0.05, 0.1) is 0 Å². The number of likely N-dealkylation sites (tertiary alicyclic amines) is 1. The highest BCUT2D eigenvalue weighted by Crippen LogP contribution is 2.09. The van der Waals surface area contributed by atoms with Crippen molar-refractivity contribution in [3.8, 4) is 0 Å². The molecule has 2 amide bonds. The van der Waals surface area contributed by atoms with Gasteiger partial charge in [0.25, 0.3) is 0 Å². The predicted octanol–water partition coefficient (Wildman–Crippen LogP) is 1.64. The topological polar surface area (TPSA) is 90.9 Å². The molecule has 7 nitrogen and oxygen atoms in total. The van der Waals surface area contributed by atoms with Crippen LogP contribution >= 0.6 is 0 Å². The number of benzene rings is 1. The summed E-state index contributed by atoms with van der Waals surface area (Å²) in [5.74, 6) is 0. The molecule has 2 rings (SSSR count). The summed E-state index contributed by atoms with van der Waals surface area (Å²) in [6.07, 6.45) is 0.206. The van der Waals surface area contributed by atoms with Crippen molar-refractivity contribution in [2.24, 2.45) is 0 Å². The van der Waals surface area contributed by atoms with Crippen molar-refractivity contribution in [3.05, 3.63) is 35.9 Å². The van der Waals surface area contributed by atoms with Gasteiger partial charge >= 0.3 is 12.2 Å². The number of carboxylic acid groups (broad SMARTS) is 1. The van der Waals surface area contributed by atoms with Crippen molar-refractivity contribution in [1.82, 2.24) is 15.5 Å². The van der Waals surface area contributed by atoms with Crippen LogP contribution in [-0.4, -0.2) is 54.4 Å². The van der Waals surface area contributed by atoms with Crippen molar-refractivity contribution >= 4 is 12.2 Å². The van der Waals surface area contributed by atoms with Gasteiger partial charge in [0.1, 0.15) is 6.61 Å². The molecule has 1 aromatic carbocycles. The van der Waals surface area contributed by atoms with E-state index in [-0.39, 0.29) is 12.6 Å². The van der Waals surface area contributed by atoms with E-state index in [2.05, 4.69) is 15.5 Å². The van der Waals surface area contributed by atoms with Gasteiger partial charge in [-0.3, -0.25) is 0 Å². The summed E-state index contributed by atoms with van der Waals surface area (Å²) in [4.78, 5) is 24.4. The molecule has 1 fully saturated rings. The number of hydrogen-bond donors (Lipinski definition) is 3. The normalized spacial score (nSPS) is 15.8. The molecule has 3 N–H and O–H groups in total. The number of rotatable bonds is 6. The first-order valence-electron chi connectivity index (χ1n) is 7.80. The number of amides is 2. The minimum atomic E-state index is -0.966. The van der Waals surface area contributed by atoms with Crippen LogP contribution in [0.2, 0.25) is 0 Å². The lowest BCUT2D eigenvalue weighted by Crippen LogP contribution is -2.46. The van der Waals surface area contributed by atoms with Crippen LogP contribution in [-0.2, 0) is 11.3 Å². The Balaban J connectivity index is 1.55. The summed E-state index contributed by atoms with van der Waals surface area (Å²) in [5.41, 5.74) is 0.954. The molecular weight excluding hydrogens is 298 g/mol. The molecule has 0 bridgehead atoms. The van der Waals surface area contributed by atoms with Gasteiger partial charge in [0.15, 0.2) is 0 Å². The van der Waals surface area contributed by atoms with E-state index in [9.17, 15) is 9.59 Å². The third kappa shape index (κ3) is 6.56. The first kappa shape index (κ1) is 17.1. The Morgan fingerprint density at radius 3 is 2.57 bits per heavy atom. The lowest BCUT2D eigenvalue weighted by molar-refractivity contribution is 0.135. The van der Waals surface area contributed by atoms with E-state index in [1.54, 1.807) is 0 Å². The van der Waals surface area contributed by atoms with Crippen LogP contribution in [0.15, 0.2) is 30.3 Å². The maximum absolute atomic E-state index is 11.6. The maximum atomic E-state index is 11.6. The number of carbonyl (C=O) groups excluding carboxylic acids is 1. The molecule has 1 heterocycles. The standard InChI is InChI=1S/C16H23N3O4/c20-15(21)18-14-6-9-19(10-7-14)11-8-17-16(22)23-12-13-4-2-1-3-5-13/h1-5,14,18H,6-12H2,(H,17,22)(H,20,21). The Labute approximate surface area is 135 Å². The van der Waals surface area contributed by atoms with Crippen molar-refractivity contribution in [2.75, 3.05) is 26.2 Å². The van der Waals surface area contributed by atoms with Crippen LogP contribution in [0, 0.1) is 0 Å². The lowest BCUT2D eigenvalue weighted by atomic mass is 10.1. The highest BCUT2D eigenvalue weighted by atomic mass is 16.5. The number of ether oxygens (including phenoxy) is 1. The molecule has 0 saturated carbocycles. The minimum absolute atomic E-state index is 0.0348. The molecule has 7 heteroatoms. The molecule has 0 atom stereocenters. The number of alkyl carbamates (subject to hydrolysis) is 1. The Kier molecular flexibility index (Phi) is 6.68. The largest absolute Gasteiger partial charge is 0.465 e. The number of carbonyl (C=O) groups is 2. The first-order chi connectivity index (χ1) is 11.1. The molecule has 0 aromatic heterocycles. The van der Waals surface area contributed by atoms with Gasteiger partial charge in [-0.1, -0.05) is 30.3 Å². The van der Waals surface area contributed by atoms with Crippen molar-refractivity contribution in [1.29, 1.82) is 0 Å². The van der Waals surface area contributed by atoms with Crippen molar-refractivity contribution in [2.45, 2.75) is 25.5 Å². The second kappa shape index (κ2) is 8.99. The van der Waals surface area contributed by atoms with Crippen LogP contribution in [0.4, 0.5) is 9.59 Å². The Bertz CT molecular complexity index is 501. The average molecular weight is 321 g/mol. The van der Waals surface area contributed by atoms with Gasteiger partial charge in [-0.25, -0.2) is 9.59 Å². The smallest absolute Gasteiger partial charge is 0.407 e. The fraction of sp³-hybridized carbons (Fsp3) is 0.500. The monoisotopic (exact) mass is 321 g/mol. The fourth-order valence-corrected chi connectivity index (χ4v) is 2.57. The number of nitrogens with one attached hydrogen (secondary N) is 2. The van der Waals surface area contributed by atoms with E-state index >= 15 is 0 Å². The van der Waals surface area contributed by atoms with E-state index in [1.165, 1.54) is 0 Å². The highest BCUT2D eigenvalue weighted by Gasteiger charge is 2.20. The number of piperidine rings is 1. The summed E-state index contributed by atoms with van der Waals surface area (Å²) < 4.78 is 5.13. The molecule has 126 valence electrons. The number of hydrogen-bond acceptors (Lipinski definition) is 4. The molecule has 0 radical (unpaired) electrons. The van der Waals surface area contributed by atoms with Crippen molar-refractivity contribution < 1.29 is 19.4 Å². The Morgan fingerprint density at radius 2 is 1.91 bits per heavy atom. The van der Waals surface area contributed by atoms with E-state index in [0.29, 0.717) is 6.54 Å². The molecule has 1 aromatic rings. The molecule has 23 heavy (non-hydrogen) atoms. The van der Waals surface area contributed by atoms with Gasteiger partial charge < -0.3 is 25.4 Å². The zero-order valence-electron chi connectivity index (χ0n) is 13.0. The second-order valence-corrected chi connectivity index (χ2v) is 5.55. The lowest BCUT2D eigenvalue weighted by Gasteiger charge is -2.31. The molecule has 0 spiro atoms. The van der Waals surface area contributed by atoms with E-state index in [4.69, 9.17) is 9.84 Å². The predicted molar refractivity (Wildman–Crippen MR) is 85.3 cm³/mol. The fourth-order valence-electron chi connectivity index (χ4n) is 2.57. The van der Waals surface area contributed by atoms with Gasteiger partial charge in [0, 0.05) is 32.2 Å². The third-order valence-corrected chi connectivity index (χ3v) is 3.83. The Hall–Kier alpha value is -2.28. The van der Waals surface area contributed by atoms with Gasteiger partial charge in [-0.15, -0.1) is 0 Å². The zero-order chi connectivity index (χ0) is 16.5. The van der Waals surface area contributed by atoms with E-state index in [1.807, 2.05) is 30.3 Å². The summed E-state index contributed by atoms with van der Waals surface area (Å²) in [6.45, 7) is 3.17. The van der Waals surface area contributed by atoms with Crippen LogP contribution in [0.1, 0.15) is 18.4 Å². The van der Waals surface area contributed by atoms with Crippen LogP contribution in [0.5, 0.6) is 0 Å². The van der Waals surface area contributed by atoms with Gasteiger partial charge in [-0.2, -0.15) is 0 Å². The van der Waals surface area contributed by atoms with E-state index < -0.39 is 12.2 Å². The first-order valence-corrected chi connectivity index (χ1v) is 7.80. The zero-order valence-corrected chi connectivity index (χ0v) is 13.0. The highest BCUT2D eigenvalue weighted by molar-refractivity contribution is 5.67. The van der Waals surface area contributed by atoms with Gasteiger partial charge in [-0.05, 0) is 18.4 Å². The summed E-state index contributed by atoms with van der Waals surface area (Å²) in [7, 11) is 0. The average Bonchev–Trinajstić information content (AvgIpc) is 2.55. The summed E-state index contributed by atoms with van der Waals surface area (Å²) in [6, 6.07) is 9.57. The molecule has 0 aliphatic carbocycles. The molecule has 1 aliphatic heterocycles. The Morgan fingerprint density at radius 1 is 1.22 bits per heavy atom. The molecule has 1 aliphatic rings. The van der Waals surface area contributed by atoms with Crippen LogP contribution < -0.4 is 10.6 Å². The minimum Gasteiger partial charge on any atom is -0.465 e. The van der Waals surface area contributed by atoms with Crippen LogP contribution in [0.25, 0.3) is 0 Å². The SMILES string of the molecule is O=C(O)NC1CCN(CCNC(=O)OCc2ccccc2)CC1. The summed E-state index contributed by atoms with van der Waals surface area (Å²) in [5, 5.41) is 13.9. The maximum Gasteiger partial charge on any atom is 0.407 e. The molecule has 1 saturated heterocycles. The van der Waals surface area contributed by atoms with Crippen molar-refractivity contribution in [3.63, 3.8) is 0 Å². The third-order valence-electron chi connectivity index (χ3n) is 3.83. The second-order valence-electron chi connectivity index (χ2n) is 5.55.